The molecule has 1 aliphatic rings. The maximum Gasteiger partial charge on any atom is 0.233 e. The average Bonchev–Trinajstić information content (AvgIpc) is 2.20. The molecule has 1 rings (SSSR count). The highest BCUT2D eigenvalue weighted by Gasteiger charge is 2.24. The highest BCUT2D eigenvalue weighted by Crippen LogP contribution is 2.12. The molecule has 0 aromatic rings. The maximum atomic E-state index is 11.6. The third kappa shape index (κ3) is 3.17. The van der Waals surface area contributed by atoms with Gasteiger partial charge in [-0.3, -0.25) is 4.79 Å². The molecule has 3 nitrogen and oxygen atoms in total. The van der Waals surface area contributed by atoms with Crippen molar-refractivity contribution in [2.45, 2.75) is 31.6 Å². The lowest BCUT2D eigenvalue weighted by molar-refractivity contribution is -0.121. The van der Waals surface area contributed by atoms with Crippen molar-refractivity contribution in [2.75, 3.05) is 19.3 Å². The van der Waals surface area contributed by atoms with Crippen molar-refractivity contribution in [3.63, 3.8) is 0 Å². The molecule has 1 amide bonds. The minimum absolute atomic E-state index is 0.0594. The molecule has 1 aliphatic heterocycles. The summed E-state index contributed by atoms with van der Waals surface area (Å²) in [5.74, 6) is 0.757. The van der Waals surface area contributed by atoms with Crippen LogP contribution in [0.25, 0.3) is 0 Å². The zero-order chi connectivity index (χ0) is 10.6. The Labute approximate surface area is 90.4 Å². The van der Waals surface area contributed by atoms with E-state index in [1.54, 1.807) is 11.8 Å². The van der Waals surface area contributed by atoms with E-state index in [-0.39, 0.29) is 11.2 Å². The number of thioether (sulfide) groups is 1. The lowest BCUT2D eigenvalue weighted by Crippen LogP contribution is -2.51. The van der Waals surface area contributed by atoms with Gasteiger partial charge in [-0.2, -0.15) is 11.8 Å². The molecule has 1 saturated heterocycles. The van der Waals surface area contributed by atoms with Gasteiger partial charge in [-0.05, 0) is 32.1 Å². The molecular formula is C10H20N2OS. The Morgan fingerprint density at radius 1 is 1.64 bits per heavy atom. The first-order valence-electron chi connectivity index (χ1n) is 5.19. The summed E-state index contributed by atoms with van der Waals surface area (Å²) in [7, 11) is 0. The quantitative estimate of drug-likeness (QED) is 0.735. The summed E-state index contributed by atoms with van der Waals surface area (Å²) in [6, 6.07) is 0.311. The van der Waals surface area contributed by atoms with E-state index < -0.39 is 0 Å². The van der Waals surface area contributed by atoms with Crippen LogP contribution < -0.4 is 10.6 Å². The smallest absolute Gasteiger partial charge is 0.233 e. The van der Waals surface area contributed by atoms with Crippen LogP contribution in [0.2, 0.25) is 0 Å². The van der Waals surface area contributed by atoms with Crippen LogP contribution in [0.1, 0.15) is 20.3 Å². The van der Waals surface area contributed by atoms with Gasteiger partial charge in [0.15, 0.2) is 0 Å². The number of carbonyl (C=O) groups is 1. The monoisotopic (exact) mass is 216 g/mol. The van der Waals surface area contributed by atoms with Crippen molar-refractivity contribution in [2.24, 2.45) is 5.92 Å². The van der Waals surface area contributed by atoms with Crippen molar-refractivity contribution in [3.8, 4) is 0 Å². The molecule has 1 heterocycles. The number of piperidine rings is 1. The van der Waals surface area contributed by atoms with Crippen LogP contribution in [-0.4, -0.2) is 36.5 Å². The maximum absolute atomic E-state index is 11.6. The second-order valence-corrected chi connectivity index (χ2v) is 5.14. The van der Waals surface area contributed by atoms with E-state index in [9.17, 15) is 4.79 Å². The molecular weight excluding hydrogens is 196 g/mol. The van der Waals surface area contributed by atoms with Crippen molar-refractivity contribution < 1.29 is 4.79 Å². The van der Waals surface area contributed by atoms with Crippen LogP contribution in [0.3, 0.4) is 0 Å². The van der Waals surface area contributed by atoms with Crippen molar-refractivity contribution in [3.05, 3.63) is 0 Å². The molecule has 0 aliphatic carbocycles. The minimum Gasteiger partial charge on any atom is -0.351 e. The molecule has 0 bridgehead atoms. The summed E-state index contributed by atoms with van der Waals surface area (Å²) in [6.07, 6.45) is 3.12. The predicted molar refractivity (Wildman–Crippen MR) is 61.6 cm³/mol. The molecule has 0 saturated carbocycles. The molecule has 3 atom stereocenters. The molecule has 0 aromatic heterocycles. The van der Waals surface area contributed by atoms with Crippen LogP contribution in [-0.2, 0) is 4.79 Å². The van der Waals surface area contributed by atoms with E-state index in [1.807, 2.05) is 13.2 Å². The second kappa shape index (κ2) is 5.61. The highest BCUT2D eigenvalue weighted by molar-refractivity contribution is 7.99. The molecule has 2 N–H and O–H groups in total. The molecule has 82 valence electrons. The Balaban J connectivity index is 2.38. The predicted octanol–water partition coefficient (Wildman–Crippen LogP) is 0.852. The fourth-order valence-corrected chi connectivity index (χ4v) is 1.87. The number of hydrogen-bond donors (Lipinski definition) is 2. The zero-order valence-electron chi connectivity index (χ0n) is 9.17. The van der Waals surface area contributed by atoms with Crippen molar-refractivity contribution in [1.82, 2.24) is 10.6 Å². The third-order valence-electron chi connectivity index (χ3n) is 2.88. The van der Waals surface area contributed by atoms with E-state index >= 15 is 0 Å². The van der Waals surface area contributed by atoms with Crippen LogP contribution in [0.4, 0.5) is 0 Å². The summed E-state index contributed by atoms with van der Waals surface area (Å²) in [4.78, 5) is 11.6. The van der Waals surface area contributed by atoms with Crippen LogP contribution >= 0.6 is 11.8 Å². The largest absolute Gasteiger partial charge is 0.351 e. The van der Waals surface area contributed by atoms with Crippen LogP contribution in [0.15, 0.2) is 0 Å². The van der Waals surface area contributed by atoms with E-state index in [0.717, 1.165) is 19.5 Å². The lowest BCUT2D eigenvalue weighted by Gasteiger charge is -2.30. The fraction of sp³-hybridized carbons (Fsp3) is 0.900. The Morgan fingerprint density at radius 3 is 2.93 bits per heavy atom. The summed E-state index contributed by atoms with van der Waals surface area (Å²) in [5, 5.41) is 6.46. The van der Waals surface area contributed by atoms with E-state index in [4.69, 9.17) is 0 Å². The molecule has 3 unspecified atom stereocenters. The number of carbonyl (C=O) groups excluding carboxylic acids is 1. The van der Waals surface area contributed by atoms with E-state index in [1.165, 1.54) is 0 Å². The van der Waals surface area contributed by atoms with E-state index in [2.05, 4.69) is 17.6 Å². The number of hydrogen-bond acceptors (Lipinski definition) is 3. The SMILES string of the molecule is CSC(C)C(=O)NC1CNCCC1C. The van der Waals surface area contributed by atoms with Crippen LogP contribution in [0, 0.1) is 5.92 Å². The molecule has 1 fully saturated rings. The summed E-state index contributed by atoms with van der Waals surface area (Å²) < 4.78 is 0. The van der Waals surface area contributed by atoms with Crippen LogP contribution in [0.5, 0.6) is 0 Å². The minimum atomic E-state index is 0.0594. The van der Waals surface area contributed by atoms with Gasteiger partial charge in [-0.1, -0.05) is 6.92 Å². The normalized spacial score (nSPS) is 29.6. The summed E-state index contributed by atoms with van der Waals surface area (Å²) >= 11 is 1.59. The molecule has 14 heavy (non-hydrogen) atoms. The lowest BCUT2D eigenvalue weighted by atomic mass is 9.95. The Kier molecular flexibility index (Phi) is 4.75. The van der Waals surface area contributed by atoms with Gasteiger partial charge in [-0.25, -0.2) is 0 Å². The Hall–Kier alpha value is -0.220. The van der Waals surface area contributed by atoms with Gasteiger partial charge >= 0.3 is 0 Å². The highest BCUT2D eigenvalue weighted by atomic mass is 32.2. The molecule has 0 radical (unpaired) electrons. The first kappa shape index (κ1) is 11.9. The van der Waals surface area contributed by atoms with E-state index in [0.29, 0.717) is 12.0 Å². The topological polar surface area (TPSA) is 41.1 Å². The van der Waals surface area contributed by atoms with Gasteiger partial charge in [0.1, 0.15) is 0 Å². The van der Waals surface area contributed by atoms with Crippen molar-refractivity contribution in [1.29, 1.82) is 0 Å². The number of nitrogens with one attached hydrogen (secondary N) is 2. The van der Waals surface area contributed by atoms with Gasteiger partial charge in [0.05, 0.1) is 5.25 Å². The zero-order valence-corrected chi connectivity index (χ0v) is 9.99. The average molecular weight is 216 g/mol. The molecule has 4 heteroatoms. The van der Waals surface area contributed by atoms with Gasteiger partial charge in [0.2, 0.25) is 5.91 Å². The fourth-order valence-electron chi connectivity index (χ4n) is 1.59. The number of amides is 1. The first-order valence-corrected chi connectivity index (χ1v) is 6.47. The standard InChI is InChI=1S/C10H20N2OS/c1-7-4-5-11-6-9(7)12-10(13)8(2)14-3/h7-9,11H,4-6H2,1-3H3,(H,12,13). The van der Waals surface area contributed by atoms with Gasteiger partial charge in [0, 0.05) is 12.6 Å². The second-order valence-electron chi connectivity index (χ2n) is 3.96. The third-order valence-corrected chi connectivity index (χ3v) is 3.80. The van der Waals surface area contributed by atoms with Gasteiger partial charge in [-0.15, -0.1) is 0 Å². The molecule has 0 spiro atoms. The molecule has 0 aromatic carbocycles. The number of rotatable bonds is 3. The summed E-state index contributed by atoms with van der Waals surface area (Å²) in [5.41, 5.74) is 0. The van der Waals surface area contributed by atoms with Gasteiger partial charge < -0.3 is 10.6 Å². The Morgan fingerprint density at radius 2 is 2.36 bits per heavy atom. The van der Waals surface area contributed by atoms with Crippen molar-refractivity contribution >= 4 is 17.7 Å². The van der Waals surface area contributed by atoms with Gasteiger partial charge in [0.25, 0.3) is 0 Å². The summed E-state index contributed by atoms with van der Waals surface area (Å²) in [6.45, 7) is 6.14. The Bertz CT molecular complexity index is 199. The first-order chi connectivity index (χ1) is 6.65.